The van der Waals surface area contributed by atoms with Gasteiger partial charge in [-0.2, -0.15) is 0 Å². The Labute approximate surface area is 182 Å². The number of aromatic nitrogens is 1. The normalized spacial score (nSPS) is 10.7. The number of ether oxygens (including phenoxy) is 2. The van der Waals surface area contributed by atoms with E-state index in [4.69, 9.17) is 9.47 Å². The fraction of sp³-hybridized carbons (Fsp3) is 0.148. The molecule has 31 heavy (non-hydrogen) atoms. The Morgan fingerprint density at radius 1 is 0.839 bits per heavy atom. The van der Waals surface area contributed by atoms with Crippen LogP contribution in [0.15, 0.2) is 84.9 Å². The van der Waals surface area contributed by atoms with Gasteiger partial charge in [-0.15, -0.1) is 0 Å². The zero-order chi connectivity index (χ0) is 21.8. The average Bonchev–Trinajstić information content (AvgIpc) is 3.18. The summed E-state index contributed by atoms with van der Waals surface area (Å²) in [5.41, 5.74) is 6.65. The molecule has 0 amide bonds. The highest BCUT2D eigenvalue weighted by molar-refractivity contribution is 5.98. The Morgan fingerprint density at radius 2 is 1.48 bits per heavy atom. The van der Waals surface area contributed by atoms with Gasteiger partial charge in [-0.05, 0) is 53.9 Å². The first kappa shape index (κ1) is 20.5. The summed E-state index contributed by atoms with van der Waals surface area (Å²) < 4.78 is 12.6. The highest BCUT2D eigenvalue weighted by Crippen LogP contribution is 2.35. The van der Waals surface area contributed by atoms with Gasteiger partial charge in [0.25, 0.3) is 0 Å². The molecular weight excluding hydrogens is 386 g/mol. The summed E-state index contributed by atoms with van der Waals surface area (Å²) >= 11 is 0. The van der Waals surface area contributed by atoms with Crippen molar-refractivity contribution in [3.05, 3.63) is 102 Å². The van der Waals surface area contributed by atoms with Gasteiger partial charge in [-0.1, -0.05) is 60.2 Å². The van der Waals surface area contributed by atoms with Crippen LogP contribution in [0.1, 0.15) is 21.5 Å². The lowest BCUT2D eigenvalue weighted by Crippen LogP contribution is -2.07. The molecule has 4 heteroatoms. The van der Waals surface area contributed by atoms with E-state index in [0.717, 1.165) is 33.8 Å². The minimum atomic E-state index is -0.356. The van der Waals surface area contributed by atoms with Crippen LogP contribution in [0.5, 0.6) is 5.75 Å². The molecule has 0 radical (unpaired) electrons. The van der Waals surface area contributed by atoms with Crippen LogP contribution in [0.25, 0.3) is 22.5 Å². The maximum Gasteiger partial charge on any atom is 0.340 e. The summed E-state index contributed by atoms with van der Waals surface area (Å²) in [6, 6.07) is 28.3. The summed E-state index contributed by atoms with van der Waals surface area (Å²) in [5, 5.41) is 0. The standard InChI is InChI=1S/C27H25NO3/c1-19-9-11-21(12-10-19)25-17-24(27(29)31-3)26(22-13-15-23(30-2)16-14-22)28(25)18-20-7-5-4-6-8-20/h4-17H,18H2,1-3H3. The fourth-order valence-corrected chi connectivity index (χ4v) is 3.77. The number of carbonyl (C=O) groups is 1. The van der Waals surface area contributed by atoms with Crippen LogP contribution in [-0.4, -0.2) is 24.8 Å². The van der Waals surface area contributed by atoms with E-state index in [9.17, 15) is 4.79 Å². The molecule has 4 rings (SSSR count). The van der Waals surface area contributed by atoms with E-state index in [1.165, 1.54) is 12.7 Å². The number of esters is 1. The predicted octanol–water partition coefficient (Wildman–Crippen LogP) is 5.97. The van der Waals surface area contributed by atoms with Gasteiger partial charge >= 0.3 is 5.97 Å². The van der Waals surface area contributed by atoms with E-state index >= 15 is 0 Å². The molecule has 0 fully saturated rings. The first-order chi connectivity index (χ1) is 15.1. The van der Waals surface area contributed by atoms with Gasteiger partial charge in [-0.25, -0.2) is 4.79 Å². The van der Waals surface area contributed by atoms with Crippen LogP contribution >= 0.6 is 0 Å². The number of carbonyl (C=O) groups excluding carboxylic acids is 1. The molecular formula is C27H25NO3. The molecule has 1 aromatic heterocycles. The third kappa shape index (κ3) is 4.24. The molecule has 0 unspecified atom stereocenters. The molecule has 0 atom stereocenters. The fourth-order valence-electron chi connectivity index (χ4n) is 3.77. The maximum absolute atomic E-state index is 12.8. The molecule has 1 heterocycles. The lowest BCUT2D eigenvalue weighted by Gasteiger charge is -2.15. The third-order valence-corrected chi connectivity index (χ3v) is 5.40. The Balaban J connectivity index is 1.96. The first-order valence-corrected chi connectivity index (χ1v) is 10.2. The van der Waals surface area contributed by atoms with Crippen LogP contribution in [0.3, 0.4) is 0 Å². The quantitative estimate of drug-likeness (QED) is 0.367. The number of hydrogen-bond acceptors (Lipinski definition) is 3. The van der Waals surface area contributed by atoms with Gasteiger partial charge in [-0.3, -0.25) is 0 Å². The molecule has 4 aromatic rings. The molecule has 0 aliphatic carbocycles. The summed E-state index contributed by atoms with van der Waals surface area (Å²) in [5.74, 6) is 0.411. The van der Waals surface area contributed by atoms with Crippen molar-refractivity contribution in [1.29, 1.82) is 0 Å². The van der Waals surface area contributed by atoms with Gasteiger partial charge in [0.1, 0.15) is 5.75 Å². The van der Waals surface area contributed by atoms with Gasteiger partial charge in [0.2, 0.25) is 0 Å². The van der Waals surface area contributed by atoms with Crippen molar-refractivity contribution < 1.29 is 14.3 Å². The zero-order valence-electron chi connectivity index (χ0n) is 18.0. The van der Waals surface area contributed by atoms with Crippen LogP contribution in [0.2, 0.25) is 0 Å². The average molecular weight is 412 g/mol. The van der Waals surface area contributed by atoms with Crippen LogP contribution in [-0.2, 0) is 11.3 Å². The second-order valence-corrected chi connectivity index (χ2v) is 7.45. The molecule has 3 aromatic carbocycles. The molecule has 0 N–H and O–H groups in total. The SMILES string of the molecule is COC(=O)c1cc(-c2ccc(C)cc2)n(Cc2ccccc2)c1-c1ccc(OC)cc1. The predicted molar refractivity (Wildman–Crippen MR) is 123 cm³/mol. The minimum Gasteiger partial charge on any atom is -0.497 e. The number of nitrogens with zero attached hydrogens (tertiary/aromatic N) is 1. The number of methoxy groups -OCH3 is 2. The lowest BCUT2D eigenvalue weighted by molar-refractivity contribution is 0.0601. The third-order valence-electron chi connectivity index (χ3n) is 5.40. The molecule has 0 spiro atoms. The molecule has 0 aliphatic rings. The highest BCUT2D eigenvalue weighted by Gasteiger charge is 2.23. The number of hydrogen-bond donors (Lipinski definition) is 0. The second-order valence-electron chi connectivity index (χ2n) is 7.45. The van der Waals surface area contributed by atoms with Crippen molar-refractivity contribution in [3.63, 3.8) is 0 Å². The van der Waals surface area contributed by atoms with Crippen molar-refractivity contribution in [2.45, 2.75) is 13.5 Å². The van der Waals surface area contributed by atoms with Crippen LogP contribution < -0.4 is 4.74 Å². The molecule has 4 nitrogen and oxygen atoms in total. The van der Waals surface area contributed by atoms with Gasteiger partial charge in [0, 0.05) is 12.2 Å². The molecule has 0 bridgehead atoms. The highest BCUT2D eigenvalue weighted by atomic mass is 16.5. The number of benzene rings is 3. The monoisotopic (exact) mass is 411 g/mol. The van der Waals surface area contributed by atoms with E-state index in [1.807, 2.05) is 48.5 Å². The summed E-state index contributed by atoms with van der Waals surface area (Å²) in [6.07, 6.45) is 0. The van der Waals surface area contributed by atoms with Gasteiger partial charge in [0.05, 0.1) is 25.5 Å². The van der Waals surface area contributed by atoms with E-state index in [0.29, 0.717) is 12.1 Å². The van der Waals surface area contributed by atoms with Gasteiger partial charge < -0.3 is 14.0 Å². The summed E-state index contributed by atoms with van der Waals surface area (Å²) in [7, 11) is 3.06. The van der Waals surface area contributed by atoms with Crippen LogP contribution in [0.4, 0.5) is 0 Å². The maximum atomic E-state index is 12.8. The van der Waals surface area contributed by atoms with Crippen molar-refractivity contribution in [1.82, 2.24) is 4.57 Å². The van der Waals surface area contributed by atoms with Crippen LogP contribution in [0, 0.1) is 6.92 Å². The lowest BCUT2D eigenvalue weighted by atomic mass is 10.1. The topological polar surface area (TPSA) is 40.5 Å². The molecule has 0 aliphatic heterocycles. The number of rotatable bonds is 6. The molecule has 0 saturated heterocycles. The van der Waals surface area contributed by atoms with Crippen molar-refractivity contribution in [2.24, 2.45) is 0 Å². The van der Waals surface area contributed by atoms with Crippen molar-refractivity contribution in [2.75, 3.05) is 14.2 Å². The number of aryl methyl sites for hydroxylation is 1. The van der Waals surface area contributed by atoms with E-state index in [-0.39, 0.29) is 5.97 Å². The van der Waals surface area contributed by atoms with Crippen molar-refractivity contribution in [3.8, 4) is 28.3 Å². The summed E-state index contributed by atoms with van der Waals surface area (Å²) in [6.45, 7) is 2.69. The Hall–Kier alpha value is -3.79. The largest absolute Gasteiger partial charge is 0.497 e. The van der Waals surface area contributed by atoms with E-state index in [2.05, 4.69) is 47.9 Å². The van der Waals surface area contributed by atoms with E-state index in [1.54, 1.807) is 7.11 Å². The Bertz CT molecular complexity index is 1170. The zero-order valence-corrected chi connectivity index (χ0v) is 18.0. The molecule has 0 saturated carbocycles. The summed E-state index contributed by atoms with van der Waals surface area (Å²) in [4.78, 5) is 12.8. The van der Waals surface area contributed by atoms with E-state index < -0.39 is 0 Å². The van der Waals surface area contributed by atoms with Crippen molar-refractivity contribution >= 4 is 5.97 Å². The Kier molecular flexibility index (Phi) is 5.89. The molecule has 156 valence electrons. The Morgan fingerprint density at radius 3 is 2.10 bits per heavy atom. The smallest absolute Gasteiger partial charge is 0.340 e. The second kappa shape index (κ2) is 8.92. The minimum absolute atomic E-state index is 0.356. The first-order valence-electron chi connectivity index (χ1n) is 10.2. The van der Waals surface area contributed by atoms with Gasteiger partial charge in [0.15, 0.2) is 0 Å².